The minimum Gasteiger partial charge on any atom is -0.465 e. The summed E-state index contributed by atoms with van der Waals surface area (Å²) in [5.41, 5.74) is 4.87. The topological polar surface area (TPSA) is 138 Å². The molecule has 0 fully saturated rings. The van der Waals surface area contributed by atoms with E-state index in [9.17, 15) is 9.90 Å². The Bertz CT molecular complexity index is 1600. The van der Waals surface area contributed by atoms with Crippen molar-refractivity contribution in [1.82, 2.24) is 30.7 Å². The molecule has 4 N–H and O–H groups in total. The lowest BCUT2D eigenvalue weighted by molar-refractivity contribution is 0.0599. The Labute approximate surface area is 236 Å². The molecule has 0 amide bonds. The molecule has 0 aliphatic heterocycles. The van der Waals surface area contributed by atoms with Crippen LogP contribution in [-0.4, -0.2) is 48.6 Å². The second-order valence-electron chi connectivity index (χ2n) is 9.70. The molecule has 0 saturated heterocycles. The van der Waals surface area contributed by atoms with E-state index < -0.39 is 11.6 Å². The molecule has 0 spiro atoms. The highest BCUT2D eigenvalue weighted by molar-refractivity contribution is 7.80. The molecule has 11 heteroatoms. The number of rotatable bonds is 7. The summed E-state index contributed by atoms with van der Waals surface area (Å²) in [6.45, 7) is 3.91. The van der Waals surface area contributed by atoms with Crippen molar-refractivity contribution in [3.63, 3.8) is 0 Å². The minimum atomic E-state index is -1.35. The molecular weight excluding hydrogens is 526 g/mol. The van der Waals surface area contributed by atoms with Gasteiger partial charge in [0.15, 0.2) is 0 Å². The maximum atomic E-state index is 12.0. The number of benzene rings is 1. The van der Waals surface area contributed by atoms with Gasteiger partial charge in [-0.3, -0.25) is 0 Å². The van der Waals surface area contributed by atoms with Crippen LogP contribution in [0.3, 0.4) is 0 Å². The van der Waals surface area contributed by atoms with Gasteiger partial charge in [-0.2, -0.15) is 15.4 Å². The Balaban J connectivity index is 1.33. The molecule has 5 rings (SSSR count). The predicted octanol–water partition coefficient (Wildman–Crippen LogP) is 4.60. The number of esters is 1. The number of thiocarbonyl (C=S) groups is 1. The van der Waals surface area contributed by atoms with Gasteiger partial charge in [0.1, 0.15) is 27.9 Å². The van der Waals surface area contributed by atoms with Gasteiger partial charge in [-0.1, -0.05) is 18.3 Å². The number of hydrogen-bond donors (Lipinski definition) is 4. The first kappa shape index (κ1) is 27.1. The quantitative estimate of drug-likeness (QED) is 0.189. The smallest absolute Gasteiger partial charge is 0.337 e. The number of aromatic amines is 1. The van der Waals surface area contributed by atoms with E-state index in [0.29, 0.717) is 34.2 Å². The third-order valence-electron chi connectivity index (χ3n) is 6.85. The van der Waals surface area contributed by atoms with Crippen LogP contribution in [-0.2, 0) is 16.8 Å². The average molecular weight is 556 g/mol. The summed E-state index contributed by atoms with van der Waals surface area (Å²) >= 11 is 5.67. The molecule has 204 valence electrons. The highest BCUT2D eigenvalue weighted by Gasteiger charge is 2.38. The number of methoxy groups -OCH3 is 1. The summed E-state index contributed by atoms with van der Waals surface area (Å²) in [7, 11) is 1.35. The minimum absolute atomic E-state index is 0.290. The van der Waals surface area contributed by atoms with E-state index >= 15 is 0 Å². The molecule has 4 aromatic rings. The Morgan fingerprint density at radius 2 is 2.05 bits per heavy atom. The van der Waals surface area contributed by atoms with Crippen LogP contribution < -0.4 is 10.6 Å². The highest BCUT2D eigenvalue weighted by Crippen LogP contribution is 2.37. The van der Waals surface area contributed by atoms with Gasteiger partial charge in [0.2, 0.25) is 0 Å². The van der Waals surface area contributed by atoms with Gasteiger partial charge in [-0.15, -0.1) is 0 Å². The Kier molecular flexibility index (Phi) is 7.67. The summed E-state index contributed by atoms with van der Waals surface area (Å²) < 4.78 is 4.84. The molecule has 0 saturated carbocycles. The van der Waals surface area contributed by atoms with Gasteiger partial charge in [0.05, 0.1) is 24.6 Å². The van der Waals surface area contributed by atoms with Crippen molar-refractivity contribution in [2.24, 2.45) is 0 Å². The lowest BCUT2D eigenvalue weighted by atomic mass is 9.78. The normalized spacial score (nSPS) is 16.6. The number of nitrogens with one attached hydrogen (secondary N) is 3. The number of fused-ring (bicyclic) bond motifs is 1. The SMILES string of the molecule is COC(=O)c1ccc2c(c1)CCC[C@]2(O)C(=S)N/C=C(\C)c1cc(C)cc(Nc2cc(-c3cn[nH]n3)ccn2)n1. The maximum Gasteiger partial charge on any atom is 0.337 e. The molecular formula is C29H29N7O3S. The molecule has 0 bridgehead atoms. The van der Waals surface area contributed by atoms with E-state index in [0.717, 1.165) is 46.5 Å². The number of carbonyl (C=O) groups excluding carboxylic acids is 1. The Morgan fingerprint density at radius 3 is 2.83 bits per heavy atom. The number of pyridine rings is 2. The molecule has 1 atom stereocenters. The standard InChI is InChI=1S/C29H29N7O3S/c1-17-11-23(33-26(12-17)34-25-14-20(8-10-30-25)24-16-32-36-35-24)18(2)15-31-28(40)29(38)9-4-5-19-13-21(27(37)39-3)6-7-22(19)29/h6-8,10-16,38H,4-5,9H2,1-3H3,(H,31,40)(H,30,33,34)(H,32,35,36)/b18-15+/t29-/m1/s1. The van der Waals surface area contributed by atoms with Gasteiger partial charge >= 0.3 is 5.97 Å². The van der Waals surface area contributed by atoms with Crippen molar-refractivity contribution in [1.29, 1.82) is 0 Å². The third-order valence-corrected chi connectivity index (χ3v) is 7.31. The van der Waals surface area contributed by atoms with Crippen LogP contribution in [0.4, 0.5) is 11.6 Å². The fourth-order valence-electron chi connectivity index (χ4n) is 4.78. The van der Waals surface area contributed by atoms with Crippen LogP contribution in [0, 0.1) is 6.92 Å². The Morgan fingerprint density at radius 1 is 1.20 bits per heavy atom. The van der Waals surface area contributed by atoms with Crippen molar-refractivity contribution in [2.75, 3.05) is 12.4 Å². The number of hydrogen-bond acceptors (Lipinski definition) is 9. The van der Waals surface area contributed by atoms with E-state index in [4.69, 9.17) is 21.9 Å². The Hall–Kier alpha value is -4.48. The molecule has 0 radical (unpaired) electrons. The largest absolute Gasteiger partial charge is 0.465 e. The van der Waals surface area contributed by atoms with Crippen molar-refractivity contribution in [2.45, 2.75) is 38.7 Å². The summed E-state index contributed by atoms with van der Waals surface area (Å²) in [6.07, 6.45) is 7.07. The van der Waals surface area contributed by atoms with Crippen LogP contribution in [0.2, 0.25) is 0 Å². The van der Waals surface area contributed by atoms with E-state index in [2.05, 4.69) is 31.0 Å². The number of anilines is 2. The highest BCUT2D eigenvalue weighted by atomic mass is 32.1. The number of H-pyrrole nitrogens is 1. The van der Waals surface area contributed by atoms with Crippen LogP contribution >= 0.6 is 12.2 Å². The van der Waals surface area contributed by atoms with Crippen molar-refractivity contribution in [3.05, 3.63) is 89.0 Å². The molecule has 3 heterocycles. The molecule has 10 nitrogen and oxygen atoms in total. The number of ether oxygens (including phenoxy) is 1. The van der Waals surface area contributed by atoms with Gasteiger partial charge in [-0.25, -0.2) is 14.8 Å². The molecule has 40 heavy (non-hydrogen) atoms. The van der Waals surface area contributed by atoms with E-state index in [1.165, 1.54) is 7.11 Å². The fraction of sp³-hybridized carbons (Fsp3) is 0.241. The van der Waals surface area contributed by atoms with Crippen LogP contribution in [0.25, 0.3) is 16.8 Å². The third kappa shape index (κ3) is 5.61. The molecule has 1 aliphatic carbocycles. The number of carbonyl (C=O) groups is 1. The first-order valence-electron chi connectivity index (χ1n) is 12.8. The zero-order valence-electron chi connectivity index (χ0n) is 22.4. The second kappa shape index (κ2) is 11.3. The van der Waals surface area contributed by atoms with Gasteiger partial charge in [0.25, 0.3) is 0 Å². The number of aliphatic hydroxyl groups is 1. The van der Waals surface area contributed by atoms with Crippen LogP contribution in [0.5, 0.6) is 0 Å². The van der Waals surface area contributed by atoms with Crippen LogP contribution in [0.15, 0.2) is 61.1 Å². The van der Waals surface area contributed by atoms with E-state index in [1.54, 1.807) is 36.8 Å². The van der Waals surface area contributed by atoms with Crippen molar-refractivity contribution < 1.29 is 14.6 Å². The number of nitrogens with zero attached hydrogens (tertiary/aromatic N) is 4. The zero-order chi connectivity index (χ0) is 28.3. The van der Waals surface area contributed by atoms with Crippen molar-refractivity contribution in [3.8, 4) is 11.3 Å². The zero-order valence-corrected chi connectivity index (χ0v) is 23.2. The summed E-state index contributed by atoms with van der Waals surface area (Å²) in [6, 6.07) is 12.8. The maximum absolute atomic E-state index is 12.0. The molecule has 0 unspecified atom stereocenters. The number of aryl methyl sites for hydroxylation is 2. The summed E-state index contributed by atoms with van der Waals surface area (Å²) in [4.78, 5) is 21.4. The number of aromatic nitrogens is 5. The number of allylic oxidation sites excluding steroid dienone is 1. The average Bonchev–Trinajstić information content (AvgIpc) is 3.50. The van der Waals surface area contributed by atoms with Crippen molar-refractivity contribution >= 4 is 40.4 Å². The van der Waals surface area contributed by atoms with Gasteiger partial charge in [0, 0.05) is 18.0 Å². The summed E-state index contributed by atoms with van der Waals surface area (Å²) in [5, 5.41) is 28.6. The summed E-state index contributed by atoms with van der Waals surface area (Å²) in [5.74, 6) is 0.851. The lowest BCUT2D eigenvalue weighted by Gasteiger charge is -2.35. The molecule has 1 aromatic carbocycles. The molecule has 1 aliphatic rings. The van der Waals surface area contributed by atoms with Gasteiger partial charge in [-0.05, 0) is 91.8 Å². The second-order valence-corrected chi connectivity index (χ2v) is 10.1. The lowest BCUT2D eigenvalue weighted by Crippen LogP contribution is -2.43. The first-order chi connectivity index (χ1) is 19.3. The van der Waals surface area contributed by atoms with E-state index in [1.807, 2.05) is 38.1 Å². The first-order valence-corrected chi connectivity index (χ1v) is 13.2. The van der Waals surface area contributed by atoms with E-state index in [-0.39, 0.29) is 0 Å². The fourth-order valence-corrected chi connectivity index (χ4v) is 5.06. The van der Waals surface area contributed by atoms with Gasteiger partial charge < -0.3 is 20.5 Å². The predicted molar refractivity (Wildman–Crippen MR) is 156 cm³/mol. The monoisotopic (exact) mass is 555 g/mol. The van der Waals surface area contributed by atoms with Crippen LogP contribution in [0.1, 0.15) is 52.5 Å². The molecule has 3 aromatic heterocycles.